The predicted molar refractivity (Wildman–Crippen MR) is 81.1 cm³/mol. The SMILES string of the molecule is Cc1ccc(-c2sc(-c3cccs3)cc2C=O)s1. The molecule has 0 aliphatic heterocycles. The molecule has 0 radical (unpaired) electrons. The van der Waals surface area contributed by atoms with Crippen LogP contribution in [0, 0.1) is 6.92 Å². The molecule has 0 aliphatic rings. The summed E-state index contributed by atoms with van der Waals surface area (Å²) in [4.78, 5) is 17.1. The molecule has 0 bridgehead atoms. The van der Waals surface area contributed by atoms with Gasteiger partial charge in [-0.3, -0.25) is 4.79 Å². The lowest BCUT2D eigenvalue weighted by molar-refractivity contribution is 0.112. The Kier molecular flexibility index (Phi) is 3.16. The Morgan fingerprint density at radius 1 is 1.06 bits per heavy atom. The topological polar surface area (TPSA) is 17.1 Å². The predicted octanol–water partition coefficient (Wildman–Crippen LogP) is 5.33. The van der Waals surface area contributed by atoms with E-state index in [1.165, 1.54) is 19.5 Å². The fraction of sp³-hybridized carbons (Fsp3) is 0.0714. The van der Waals surface area contributed by atoms with Gasteiger partial charge in [-0.15, -0.1) is 34.0 Å². The van der Waals surface area contributed by atoms with Crippen LogP contribution in [-0.4, -0.2) is 6.29 Å². The molecule has 1 nitrogen and oxygen atoms in total. The van der Waals surface area contributed by atoms with Gasteiger partial charge in [0.1, 0.15) is 0 Å². The summed E-state index contributed by atoms with van der Waals surface area (Å²) in [6, 6.07) is 10.3. The fourth-order valence-corrected chi connectivity index (χ4v) is 4.73. The molecular formula is C14H10OS3. The van der Waals surface area contributed by atoms with Crippen LogP contribution in [0.4, 0.5) is 0 Å². The molecule has 3 aromatic heterocycles. The third kappa shape index (κ3) is 2.07. The number of aldehydes is 1. The number of aryl methyl sites for hydroxylation is 1. The summed E-state index contributed by atoms with van der Waals surface area (Å²) >= 11 is 5.14. The lowest BCUT2D eigenvalue weighted by Gasteiger charge is -1.92. The Bertz CT molecular complexity index is 674. The molecule has 0 spiro atoms. The summed E-state index contributed by atoms with van der Waals surface area (Å²) in [5.41, 5.74) is 0.797. The molecule has 0 unspecified atom stereocenters. The van der Waals surface area contributed by atoms with Gasteiger partial charge in [0.25, 0.3) is 0 Å². The first-order valence-corrected chi connectivity index (χ1v) is 7.99. The molecule has 0 aromatic carbocycles. The van der Waals surface area contributed by atoms with Crippen molar-refractivity contribution in [1.29, 1.82) is 0 Å². The van der Waals surface area contributed by atoms with Crippen LogP contribution in [0.5, 0.6) is 0 Å². The van der Waals surface area contributed by atoms with Crippen molar-refractivity contribution in [1.82, 2.24) is 0 Å². The van der Waals surface area contributed by atoms with Crippen molar-refractivity contribution in [2.24, 2.45) is 0 Å². The zero-order valence-electron chi connectivity index (χ0n) is 9.67. The van der Waals surface area contributed by atoms with Gasteiger partial charge < -0.3 is 0 Å². The van der Waals surface area contributed by atoms with E-state index in [2.05, 4.69) is 30.5 Å². The standard InChI is InChI=1S/C14H10OS3/c1-9-4-5-12(17-9)14-10(8-15)7-13(18-14)11-3-2-6-16-11/h2-8H,1H3. The van der Waals surface area contributed by atoms with E-state index >= 15 is 0 Å². The van der Waals surface area contributed by atoms with Gasteiger partial charge in [0.2, 0.25) is 0 Å². The van der Waals surface area contributed by atoms with Crippen LogP contribution in [0.1, 0.15) is 15.2 Å². The average Bonchev–Trinajstić information content (AvgIpc) is 3.07. The van der Waals surface area contributed by atoms with Crippen molar-refractivity contribution in [3.05, 3.63) is 46.2 Å². The van der Waals surface area contributed by atoms with Gasteiger partial charge in [0, 0.05) is 25.1 Å². The van der Waals surface area contributed by atoms with E-state index in [0.717, 1.165) is 16.7 Å². The Hall–Kier alpha value is -1.23. The zero-order valence-corrected chi connectivity index (χ0v) is 12.1. The maximum Gasteiger partial charge on any atom is 0.151 e. The summed E-state index contributed by atoms with van der Waals surface area (Å²) in [5, 5.41) is 2.06. The minimum atomic E-state index is 0.797. The van der Waals surface area contributed by atoms with Crippen LogP contribution >= 0.6 is 34.0 Å². The van der Waals surface area contributed by atoms with E-state index in [1.807, 2.05) is 12.1 Å². The van der Waals surface area contributed by atoms with Crippen LogP contribution in [-0.2, 0) is 0 Å². The molecule has 3 rings (SSSR count). The quantitative estimate of drug-likeness (QED) is 0.596. The largest absolute Gasteiger partial charge is 0.298 e. The molecule has 3 heterocycles. The molecule has 4 heteroatoms. The van der Waals surface area contributed by atoms with Crippen LogP contribution in [0.25, 0.3) is 19.5 Å². The summed E-state index contributed by atoms with van der Waals surface area (Å²) in [6.07, 6.45) is 0.956. The molecule has 3 aromatic rings. The molecular weight excluding hydrogens is 280 g/mol. The van der Waals surface area contributed by atoms with E-state index < -0.39 is 0 Å². The van der Waals surface area contributed by atoms with Gasteiger partial charge in [-0.1, -0.05) is 6.07 Å². The monoisotopic (exact) mass is 290 g/mol. The van der Waals surface area contributed by atoms with Crippen molar-refractivity contribution in [3.8, 4) is 19.5 Å². The fourth-order valence-electron chi connectivity index (χ4n) is 1.78. The van der Waals surface area contributed by atoms with Crippen molar-refractivity contribution in [2.75, 3.05) is 0 Å². The molecule has 0 fully saturated rings. The van der Waals surface area contributed by atoms with E-state index in [4.69, 9.17) is 0 Å². The van der Waals surface area contributed by atoms with Gasteiger partial charge in [0.05, 0.1) is 4.88 Å². The Labute approximate surface area is 117 Å². The number of hydrogen-bond donors (Lipinski definition) is 0. The van der Waals surface area contributed by atoms with Crippen LogP contribution in [0.3, 0.4) is 0 Å². The number of carbonyl (C=O) groups excluding carboxylic acids is 1. The maximum absolute atomic E-state index is 11.2. The first kappa shape index (κ1) is 11.8. The summed E-state index contributed by atoms with van der Waals surface area (Å²) in [6.45, 7) is 2.09. The number of rotatable bonds is 3. The number of carbonyl (C=O) groups is 1. The van der Waals surface area contributed by atoms with Crippen molar-refractivity contribution < 1.29 is 4.79 Å². The Morgan fingerprint density at radius 2 is 1.94 bits per heavy atom. The highest BCUT2D eigenvalue weighted by Gasteiger charge is 2.13. The van der Waals surface area contributed by atoms with E-state index in [0.29, 0.717) is 0 Å². The van der Waals surface area contributed by atoms with E-state index in [-0.39, 0.29) is 0 Å². The minimum absolute atomic E-state index is 0.797. The third-order valence-electron chi connectivity index (χ3n) is 2.62. The second kappa shape index (κ2) is 4.80. The summed E-state index contributed by atoms with van der Waals surface area (Å²) in [7, 11) is 0. The lowest BCUT2D eigenvalue weighted by atomic mass is 10.2. The molecule has 18 heavy (non-hydrogen) atoms. The molecule has 90 valence electrons. The van der Waals surface area contributed by atoms with E-state index in [1.54, 1.807) is 34.0 Å². The van der Waals surface area contributed by atoms with Gasteiger partial charge in [0.15, 0.2) is 6.29 Å². The van der Waals surface area contributed by atoms with Gasteiger partial charge in [-0.25, -0.2) is 0 Å². The Morgan fingerprint density at radius 3 is 2.56 bits per heavy atom. The molecule has 0 N–H and O–H groups in total. The van der Waals surface area contributed by atoms with Gasteiger partial charge >= 0.3 is 0 Å². The highest BCUT2D eigenvalue weighted by Crippen LogP contribution is 2.41. The lowest BCUT2D eigenvalue weighted by Crippen LogP contribution is -1.75. The second-order valence-electron chi connectivity index (χ2n) is 3.90. The minimum Gasteiger partial charge on any atom is -0.298 e. The summed E-state index contributed by atoms with van der Waals surface area (Å²) < 4.78 is 0. The van der Waals surface area contributed by atoms with Crippen LogP contribution in [0.15, 0.2) is 35.7 Å². The highest BCUT2D eigenvalue weighted by molar-refractivity contribution is 7.26. The van der Waals surface area contributed by atoms with Gasteiger partial charge in [-0.2, -0.15) is 0 Å². The van der Waals surface area contributed by atoms with Gasteiger partial charge in [-0.05, 0) is 36.6 Å². The number of thiophene rings is 3. The second-order valence-corrected chi connectivity index (χ2v) is 7.19. The normalized spacial score (nSPS) is 10.7. The summed E-state index contributed by atoms with van der Waals surface area (Å²) in [5.74, 6) is 0. The smallest absolute Gasteiger partial charge is 0.151 e. The first-order valence-electron chi connectivity index (χ1n) is 5.47. The van der Waals surface area contributed by atoms with E-state index in [9.17, 15) is 4.79 Å². The average molecular weight is 290 g/mol. The molecule has 0 saturated carbocycles. The Balaban J connectivity index is 2.12. The molecule has 0 aliphatic carbocycles. The van der Waals surface area contributed by atoms with Crippen molar-refractivity contribution >= 4 is 40.3 Å². The zero-order chi connectivity index (χ0) is 12.5. The van der Waals surface area contributed by atoms with Crippen molar-refractivity contribution in [3.63, 3.8) is 0 Å². The molecule has 0 amide bonds. The maximum atomic E-state index is 11.2. The number of hydrogen-bond acceptors (Lipinski definition) is 4. The highest BCUT2D eigenvalue weighted by atomic mass is 32.1. The third-order valence-corrected chi connectivity index (χ3v) is 6.01. The molecule has 0 atom stereocenters. The van der Waals surface area contributed by atoms with Crippen LogP contribution in [0.2, 0.25) is 0 Å². The first-order chi connectivity index (χ1) is 8.78. The van der Waals surface area contributed by atoms with Crippen molar-refractivity contribution in [2.45, 2.75) is 6.92 Å². The van der Waals surface area contributed by atoms with Crippen LogP contribution < -0.4 is 0 Å². The molecule has 0 saturated heterocycles.